The second-order valence-corrected chi connectivity index (χ2v) is 5.44. The number of alkyl carbamates (subject to hydrolysis) is 1. The van der Waals surface area contributed by atoms with Crippen LogP contribution in [-0.4, -0.2) is 35.2 Å². The second-order valence-electron chi connectivity index (χ2n) is 5.44. The predicted octanol–water partition coefficient (Wildman–Crippen LogP) is 2.15. The van der Waals surface area contributed by atoms with Crippen molar-refractivity contribution in [2.24, 2.45) is 0 Å². The lowest BCUT2D eigenvalue weighted by atomic mass is 10.0. The van der Waals surface area contributed by atoms with Crippen molar-refractivity contribution in [2.45, 2.75) is 38.8 Å². The van der Waals surface area contributed by atoms with Crippen molar-refractivity contribution < 1.29 is 19.4 Å². The molecule has 1 amide bonds. The minimum absolute atomic E-state index is 0.146. The molecular formula is C15H21NO4. The van der Waals surface area contributed by atoms with Crippen molar-refractivity contribution >= 4 is 11.9 Å². The Morgan fingerprint density at radius 1 is 1.25 bits per heavy atom. The standard InChI is InChI=1S/C15H21NO4/c1-15(2,3)20-14(19)16-12(9-10-17)13(18)11-7-5-4-6-8-11/h4-8,12,17H,9-10H2,1-3H3,(H,16,19)/t12-/m0/s1. The highest BCUT2D eigenvalue weighted by Gasteiger charge is 2.24. The molecule has 0 heterocycles. The first-order valence-corrected chi connectivity index (χ1v) is 6.53. The molecule has 5 nitrogen and oxygen atoms in total. The Morgan fingerprint density at radius 2 is 1.85 bits per heavy atom. The third-order valence-corrected chi connectivity index (χ3v) is 2.48. The number of ether oxygens (including phenoxy) is 1. The van der Waals surface area contributed by atoms with Gasteiger partial charge in [0.1, 0.15) is 5.60 Å². The first-order valence-electron chi connectivity index (χ1n) is 6.53. The van der Waals surface area contributed by atoms with E-state index in [0.29, 0.717) is 5.56 Å². The molecule has 5 heteroatoms. The zero-order chi connectivity index (χ0) is 15.2. The predicted molar refractivity (Wildman–Crippen MR) is 75.6 cm³/mol. The maximum absolute atomic E-state index is 12.3. The molecule has 1 aromatic rings. The molecule has 0 aliphatic heterocycles. The van der Waals surface area contributed by atoms with Gasteiger partial charge in [-0.2, -0.15) is 0 Å². The van der Waals surface area contributed by atoms with Gasteiger partial charge in [0.05, 0.1) is 6.04 Å². The van der Waals surface area contributed by atoms with Crippen LogP contribution in [0.5, 0.6) is 0 Å². The van der Waals surface area contributed by atoms with Gasteiger partial charge >= 0.3 is 6.09 Å². The van der Waals surface area contributed by atoms with Crippen LogP contribution in [0.15, 0.2) is 30.3 Å². The van der Waals surface area contributed by atoms with E-state index in [2.05, 4.69) is 5.32 Å². The first kappa shape index (κ1) is 16.2. The molecule has 110 valence electrons. The number of Topliss-reactive ketones (excluding diaryl/α,β-unsaturated/α-hetero) is 1. The molecule has 0 spiro atoms. The fourth-order valence-electron chi connectivity index (χ4n) is 1.65. The van der Waals surface area contributed by atoms with E-state index in [-0.39, 0.29) is 18.8 Å². The van der Waals surface area contributed by atoms with Gasteiger partial charge in [-0.05, 0) is 27.2 Å². The summed E-state index contributed by atoms with van der Waals surface area (Å²) in [7, 11) is 0. The largest absolute Gasteiger partial charge is 0.444 e. The van der Waals surface area contributed by atoms with Crippen molar-refractivity contribution in [2.75, 3.05) is 6.61 Å². The van der Waals surface area contributed by atoms with E-state index < -0.39 is 17.7 Å². The minimum atomic E-state index is -0.794. The molecule has 0 unspecified atom stereocenters. The third kappa shape index (κ3) is 5.40. The maximum Gasteiger partial charge on any atom is 0.408 e. The number of carbonyl (C=O) groups excluding carboxylic acids is 2. The Hall–Kier alpha value is -1.88. The van der Waals surface area contributed by atoms with Crippen LogP contribution in [0.25, 0.3) is 0 Å². The summed E-state index contributed by atoms with van der Waals surface area (Å²) in [5.74, 6) is -0.245. The van der Waals surface area contributed by atoms with E-state index in [1.54, 1.807) is 51.1 Å². The summed E-state index contributed by atoms with van der Waals surface area (Å²) >= 11 is 0. The van der Waals surface area contributed by atoms with E-state index in [1.807, 2.05) is 0 Å². The normalized spacial score (nSPS) is 12.6. The summed E-state index contributed by atoms with van der Waals surface area (Å²) in [5, 5.41) is 11.5. The van der Waals surface area contributed by atoms with Gasteiger partial charge in [0.15, 0.2) is 5.78 Å². The molecule has 1 atom stereocenters. The summed E-state index contributed by atoms with van der Waals surface area (Å²) < 4.78 is 5.12. The van der Waals surface area contributed by atoms with Gasteiger partial charge in [-0.1, -0.05) is 30.3 Å². The van der Waals surface area contributed by atoms with Gasteiger partial charge in [0.25, 0.3) is 0 Å². The van der Waals surface area contributed by atoms with Gasteiger partial charge in [-0.3, -0.25) is 4.79 Å². The monoisotopic (exact) mass is 279 g/mol. The summed E-state index contributed by atoms with van der Waals surface area (Å²) in [6.45, 7) is 5.03. The third-order valence-electron chi connectivity index (χ3n) is 2.48. The zero-order valence-corrected chi connectivity index (χ0v) is 12.1. The zero-order valence-electron chi connectivity index (χ0n) is 12.1. The van der Waals surface area contributed by atoms with Crippen molar-refractivity contribution in [1.82, 2.24) is 5.32 Å². The number of benzene rings is 1. The van der Waals surface area contributed by atoms with Crippen LogP contribution in [0.1, 0.15) is 37.6 Å². The molecule has 0 saturated heterocycles. The maximum atomic E-state index is 12.3. The highest BCUT2D eigenvalue weighted by atomic mass is 16.6. The number of aliphatic hydroxyl groups excluding tert-OH is 1. The van der Waals surface area contributed by atoms with Crippen LogP contribution in [0.2, 0.25) is 0 Å². The summed E-state index contributed by atoms with van der Waals surface area (Å²) in [4.78, 5) is 24.0. The molecule has 20 heavy (non-hydrogen) atoms. The number of nitrogens with one attached hydrogen (secondary N) is 1. The number of aliphatic hydroxyl groups is 1. The number of hydrogen-bond donors (Lipinski definition) is 2. The minimum Gasteiger partial charge on any atom is -0.444 e. The van der Waals surface area contributed by atoms with E-state index >= 15 is 0 Å². The smallest absolute Gasteiger partial charge is 0.408 e. The lowest BCUT2D eigenvalue weighted by molar-refractivity contribution is 0.0483. The van der Waals surface area contributed by atoms with Crippen LogP contribution in [0.3, 0.4) is 0 Å². The van der Waals surface area contributed by atoms with Crippen LogP contribution in [0, 0.1) is 0 Å². The Balaban J connectivity index is 2.74. The number of ketones is 1. The summed E-state index contributed by atoms with van der Waals surface area (Å²) in [6, 6.07) is 7.84. The molecule has 1 aromatic carbocycles. The fraction of sp³-hybridized carbons (Fsp3) is 0.467. The van der Waals surface area contributed by atoms with Crippen LogP contribution >= 0.6 is 0 Å². The van der Waals surface area contributed by atoms with Gasteiger partial charge in [-0.25, -0.2) is 4.79 Å². The molecule has 0 saturated carbocycles. The first-order chi connectivity index (χ1) is 9.33. The lowest BCUT2D eigenvalue weighted by Crippen LogP contribution is -2.44. The van der Waals surface area contributed by atoms with Crippen molar-refractivity contribution in [3.63, 3.8) is 0 Å². The molecular weight excluding hydrogens is 258 g/mol. The highest BCUT2D eigenvalue weighted by molar-refractivity contribution is 6.01. The topological polar surface area (TPSA) is 75.6 Å². The van der Waals surface area contributed by atoms with Crippen LogP contribution in [-0.2, 0) is 4.74 Å². The lowest BCUT2D eigenvalue weighted by Gasteiger charge is -2.22. The van der Waals surface area contributed by atoms with E-state index in [0.717, 1.165) is 0 Å². The number of hydrogen-bond acceptors (Lipinski definition) is 4. The van der Waals surface area contributed by atoms with Crippen LogP contribution < -0.4 is 5.32 Å². The SMILES string of the molecule is CC(C)(C)OC(=O)N[C@@H](CCO)C(=O)c1ccccc1. The molecule has 0 bridgehead atoms. The van der Waals surface area contributed by atoms with Gasteiger partial charge < -0.3 is 15.2 Å². The van der Waals surface area contributed by atoms with Crippen molar-refractivity contribution in [3.05, 3.63) is 35.9 Å². The van der Waals surface area contributed by atoms with Gasteiger partial charge in [-0.15, -0.1) is 0 Å². The Bertz CT molecular complexity index is 451. The van der Waals surface area contributed by atoms with Gasteiger partial charge in [0.2, 0.25) is 0 Å². The van der Waals surface area contributed by atoms with Gasteiger partial charge in [0, 0.05) is 12.2 Å². The van der Waals surface area contributed by atoms with Crippen LogP contribution in [0.4, 0.5) is 4.79 Å². The number of rotatable bonds is 5. The second kappa shape index (κ2) is 7.05. The van der Waals surface area contributed by atoms with E-state index in [4.69, 9.17) is 9.84 Å². The quantitative estimate of drug-likeness (QED) is 0.810. The molecule has 2 N–H and O–H groups in total. The Labute approximate surface area is 118 Å². The molecule has 0 aliphatic rings. The van der Waals surface area contributed by atoms with Crippen molar-refractivity contribution in [1.29, 1.82) is 0 Å². The van der Waals surface area contributed by atoms with Crippen molar-refractivity contribution in [3.8, 4) is 0 Å². The summed E-state index contributed by atoms with van der Waals surface area (Å²) in [5.41, 5.74) is -0.147. The Morgan fingerprint density at radius 3 is 2.35 bits per heavy atom. The molecule has 0 aromatic heterocycles. The van der Waals surface area contributed by atoms with E-state index in [1.165, 1.54) is 0 Å². The molecule has 1 rings (SSSR count). The molecule has 0 aliphatic carbocycles. The number of carbonyl (C=O) groups is 2. The molecule has 0 radical (unpaired) electrons. The fourth-order valence-corrected chi connectivity index (χ4v) is 1.65. The average molecular weight is 279 g/mol. The Kier molecular flexibility index (Phi) is 5.70. The highest BCUT2D eigenvalue weighted by Crippen LogP contribution is 2.10. The number of amides is 1. The summed E-state index contributed by atoms with van der Waals surface area (Å²) in [6.07, 6.45) is -0.521. The molecule has 0 fully saturated rings. The average Bonchev–Trinajstić information content (AvgIpc) is 2.36. The van der Waals surface area contributed by atoms with E-state index in [9.17, 15) is 9.59 Å².